The van der Waals surface area contributed by atoms with Gasteiger partial charge in [-0.1, -0.05) is 38.8 Å². The largest absolute Gasteiger partial charge is 0.448 e. The van der Waals surface area contributed by atoms with Crippen molar-refractivity contribution in [3.8, 4) is 0 Å². The smallest absolute Gasteiger partial charge is 0.409 e. The number of hydrogen-bond acceptors (Lipinski definition) is 6. The third kappa shape index (κ3) is 8.28. The molecule has 3 saturated heterocycles. The predicted octanol–water partition coefficient (Wildman–Crippen LogP) is 6.17. The fraction of sp³-hybridized carbons (Fsp3) is 0.594. The molecule has 0 radical (unpaired) electrons. The fourth-order valence-electron chi connectivity index (χ4n) is 6.48. The third-order valence-corrected chi connectivity index (χ3v) is 10.9. The summed E-state index contributed by atoms with van der Waals surface area (Å²) in [6, 6.07) is 7.63. The standard InChI is InChI=1S/C30H39ClF2N4O4S.C2H6/c1-2-34-19-27(21-41-30(38)36-14-10-26(11-15-36)35-12-4-3-5-13-35)37(42(39,40)28-8-6-23(31)7-9-28)29(20-34)22-16-24(32)18-25(33)17-22;1-2/h6-9,16-18,26-27,29H,2-5,10-15,19-21H2,1H3;1-2H3/t27-,29+;/m1./s1. The van der Waals surface area contributed by atoms with E-state index in [9.17, 15) is 22.0 Å². The zero-order chi connectivity index (χ0) is 31.9. The number of benzene rings is 2. The number of hydrogen-bond donors (Lipinski definition) is 0. The lowest BCUT2D eigenvalue weighted by molar-refractivity contribution is 0.0251. The highest BCUT2D eigenvalue weighted by Gasteiger charge is 2.44. The van der Waals surface area contributed by atoms with Crippen LogP contribution in [0.25, 0.3) is 0 Å². The first-order valence-corrected chi connectivity index (χ1v) is 17.6. The second kappa shape index (κ2) is 15.8. The number of halogens is 3. The Morgan fingerprint density at radius 1 is 0.932 bits per heavy atom. The third-order valence-electron chi connectivity index (χ3n) is 8.70. The zero-order valence-electron chi connectivity index (χ0n) is 25.9. The molecule has 5 rings (SSSR count). The van der Waals surface area contributed by atoms with E-state index in [1.165, 1.54) is 47.8 Å². The number of carbonyl (C=O) groups is 1. The molecule has 0 spiro atoms. The first kappa shape index (κ1) is 34.6. The van der Waals surface area contributed by atoms with E-state index in [1.807, 2.05) is 25.7 Å². The summed E-state index contributed by atoms with van der Waals surface area (Å²) in [5.74, 6) is -1.59. The average molecular weight is 655 g/mol. The topological polar surface area (TPSA) is 73.4 Å². The van der Waals surface area contributed by atoms with Crippen LogP contribution in [0.4, 0.5) is 13.6 Å². The molecule has 0 aromatic heterocycles. The summed E-state index contributed by atoms with van der Waals surface area (Å²) in [5.41, 5.74) is 0.194. The SMILES string of the molecule is CC.CCN1C[C@H](COC(=O)N2CCC(N3CCCCC3)CC2)N(S(=O)(=O)c2ccc(Cl)cc2)[C@H](c2cc(F)cc(F)c2)C1. The van der Waals surface area contributed by atoms with E-state index >= 15 is 0 Å². The molecule has 12 heteroatoms. The molecule has 1 amide bonds. The van der Waals surface area contributed by atoms with Gasteiger partial charge in [0.25, 0.3) is 0 Å². The van der Waals surface area contributed by atoms with Crippen molar-refractivity contribution in [3.05, 3.63) is 64.7 Å². The maximum atomic E-state index is 14.3. The Bertz CT molecular complexity index is 1320. The maximum absolute atomic E-state index is 14.3. The van der Waals surface area contributed by atoms with Crippen LogP contribution < -0.4 is 0 Å². The Morgan fingerprint density at radius 2 is 1.55 bits per heavy atom. The van der Waals surface area contributed by atoms with Crippen LogP contribution in [0.15, 0.2) is 47.4 Å². The van der Waals surface area contributed by atoms with Crippen LogP contribution in [-0.4, -0.2) is 98.0 Å². The van der Waals surface area contributed by atoms with Gasteiger partial charge in [0.2, 0.25) is 10.0 Å². The monoisotopic (exact) mass is 654 g/mol. The minimum atomic E-state index is -4.18. The van der Waals surface area contributed by atoms with E-state index in [2.05, 4.69) is 4.90 Å². The van der Waals surface area contributed by atoms with E-state index < -0.39 is 39.8 Å². The highest BCUT2D eigenvalue weighted by molar-refractivity contribution is 7.89. The number of likely N-dealkylation sites (N-methyl/N-ethyl adjacent to an activating group) is 1. The molecule has 0 saturated carbocycles. The van der Waals surface area contributed by atoms with Gasteiger partial charge in [-0.25, -0.2) is 22.0 Å². The molecule has 2 aromatic carbocycles. The van der Waals surface area contributed by atoms with Crippen LogP contribution >= 0.6 is 11.6 Å². The van der Waals surface area contributed by atoms with Gasteiger partial charge in [-0.2, -0.15) is 4.31 Å². The highest BCUT2D eigenvalue weighted by atomic mass is 35.5. The predicted molar refractivity (Wildman–Crippen MR) is 168 cm³/mol. The summed E-state index contributed by atoms with van der Waals surface area (Å²) in [4.78, 5) is 19.4. The Hall–Kier alpha value is -2.31. The molecule has 3 fully saturated rings. The number of ether oxygens (including phenoxy) is 1. The minimum Gasteiger partial charge on any atom is -0.448 e. The number of amides is 1. The van der Waals surface area contributed by atoms with Crippen LogP contribution in [0.5, 0.6) is 0 Å². The number of sulfonamides is 1. The molecule has 3 aliphatic rings. The van der Waals surface area contributed by atoms with Gasteiger partial charge in [-0.05, 0) is 87.3 Å². The van der Waals surface area contributed by atoms with E-state index in [4.69, 9.17) is 16.3 Å². The van der Waals surface area contributed by atoms with Gasteiger partial charge in [0.15, 0.2) is 0 Å². The van der Waals surface area contributed by atoms with Crippen molar-refractivity contribution in [3.63, 3.8) is 0 Å². The van der Waals surface area contributed by atoms with Crippen molar-refractivity contribution < 1.29 is 26.7 Å². The summed E-state index contributed by atoms with van der Waals surface area (Å²) in [6.07, 6.45) is 5.00. The molecule has 0 bridgehead atoms. The van der Waals surface area contributed by atoms with Crippen LogP contribution in [0.1, 0.15) is 64.5 Å². The molecule has 0 unspecified atom stereocenters. The second-order valence-electron chi connectivity index (χ2n) is 11.4. The van der Waals surface area contributed by atoms with Gasteiger partial charge in [0.05, 0.1) is 17.0 Å². The van der Waals surface area contributed by atoms with Crippen LogP contribution in [0.2, 0.25) is 5.02 Å². The zero-order valence-corrected chi connectivity index (χ0v) is 27.5. The summed E-state index contributed by atoms with van der Waals surface area (Å²) in [5, 5.41) is 0.378. The summed E-state index contributed by atoms with van der Waals surface area (Å²) >= 11 is 6.02. The molecule has 44 heavy (non-hydrogen) atoms. The number of piperazine rings is 1. The Kier molecular flexibility index (Phi) is 12.4. The number of likely N-dealkylation sites (tertiary alicyclic amines) is 2. The molecular formula is C32H45ClF2N4O4S. The maximum Gasteiger partial charge on any atom is 0.409 e. The van der Waals surface area contributed by atoms with Gasteiger partial charge < -0.3 is 14.5 Å². The van der Waals surface area contributed by atoms with Crippen molar-refractivity contribution in [1.82, 2.24) is 19.0 Å². The molecular weight excluding hydrogens is 610 g/mol. The summed E-state index contributed by atoms with van der Waals surface area (Å²) < 4.78 is 63.9. The molecule has 0 N–H and O–H groups in total. The van der Waals surface area contributed by atoms with E-state index in [-0.39, 0.29) is 23.6 Å². The molecule has 8 nitrogen and oxygen atoms in total. The number of nitrogens with zero attached hydrogens (tertiary/aromatic N) is 4. The lowest BCUT2D eigenvalue weighted by Crippen LogP contribution is -2.58. The molecule has 244 valence electrons. The van der Waals surface area contributed by atoms with E-state index in [1.54, 1.807) is 4.90 Å². The number of piperidine rings is 2. The second-order valence-corrected chi connectivity index (χ2v) is 13.7. The Morgan fingerprint density at radius 3 is 2.14 bits per heavy atom. The molecule has 3 heterocycles. The number of rotatable bonds is 7. The lowest BCUT2D eigenvalue weighted by Gasteiger charge is -2.45. The fourth-order valence-corrected chi connectivity index (χ4v) is 8.38. The van der Waals surface area contributed by atoms with Gasteiger partial charge in [-0.15, -0.1) is 0 Å². The average Bonchev–Trinajstić information content (AvgIpc) is 3.04. The van der Waals surface area contributed by atoms with Crippen molar-refractivity contribution in [2.24, 2.45) is 0 Å². The Labute approximate surface area is 265 Å². The van der Waals surface area contributed by atoms with Crippen molar-refractivity contribution in [1.29, 1.82) is 0 Å². The Balaban J connectivity index is 0.00000216. The van der Waals surface area contributed by atoms with Crippen LogP contribution in [0.3, 0.4) is 0 Å². The summed E-state index contributed by atoms with van der Waals surface area (Å²) in [6.45, 7) is 10.2. The van der Waals surface area contributed by atoms with Crippen LogP contribution in [-0.2, 0) is 14.8 Å². The summed E-state index contributed by atoms with van der Waals surface area (Å²) in [7, 11) is -4.18. The first-order valence-electron chi connectivity index (χ1n) is 15.8. The molecule has 0 aliphatic carbocycles. The van der Waals surface area contributed by atoms with Gasteiger partial charge in [0.1, 0.15) is 18.2 Å². The van der Waals surface area contributed by atoms with Gasteiger partial charge >= 0.3 is 6.09 Å². The lowest BCUT2D eigenvalue weighted by atomic mass is 10.0. The quantitative estimate of drug-likeness (QED) is 0.356. The minimum absolute atomic E-state index is 0.00478. The highest BCUT2D eigenvalue weighted by Crippen LogP contribution is 2.36. The molecule has 2 atom stereocenters. The first-order chi connectivity index (χ1) is 21.2. The van der Waals surface area contributed by atoms with Gasteiger partial charge in [-0.3, -0.25) is 4.90 Å². The molecule has 3 aliphatic heterocycles. The van der Waals surface area contributed by atoms with Gasteiger partial charge in [0, 0.05) is 43.3 Å². The van der Waals surface area contributed by atoms with E-state index in [0.29, 0.717) is 37.2 Å². The van der Waals surface area contributed by atoms with Crippen molar-refractivity contribution in [2.45, 2.75) is 75.9 Å². The van der Waals surface area contributed by atoms with Crippen molar-refractivity contribution >= 4 is 27.7 Å². The van der Waals surface area contributed by atoms with Crippen molar-refractivity contribution in [2.75, 3.05) is 52.4 Å². The number of carbonyl (C=O) groups excluding carboxylic acids is 1. The molecule has 2 aromatic rings. The normalized spacial score (nSPS) is 22.7. The van der Waals surface area contributed by atoms with E-state index in [0.717, 1.165) is 44.1 Å². The van der Waals surface area contributed by atoms with Crippen LogP contribution in [0, 0.1) is 11.6 Å².